The zero-order valence-corrected chi connectivity index (χ0v) is 20.8. The van der Waals surface area contributed by atoms with Crippen molar-refractivity contribution in [2.75, 3.05) is 26.2 Å². The van der Waals surface area contributed by atoms with Crippen molar-refractivity contribution in [1.29, 1.82) is 0 Å². The lowest BCUT2D eigenvalue weighted by atomic mass is 9.72. The molecule has 6 heteroatoms. The minimum atomic E-state index is 0.0131. The molecule has 0 bridgehead atoms. The summed E-state index contributed by atoms with van der Waals surface area (Å²) in [5.74, 6) is 0.968. The highest BCUT2D eigenvalue weighted by atomic mass is 32.1. The van der Waals surface area contributed by atoms with Crippen LogP contribution in [0.5, 0.6) is 0 Å². The molecule has 1 N–H and O–H groups in total. The predicted octanol–water partition coefficient (Wildman–Crippen LogP) is 4.68. The van der Waals surface area contributed by atoms with Gasteiger partial charge in [-0.15, -0.1) is 11.3 Å². The number of hydrogen-bond donors (Lipinski definition) is 1. The van der Waals surface area contributed by atoms with Gasteiger partial charge in [0.2, 0.25) is 5.91 Å². The number of piperidine rings is 1. The van der Waals surface area contributed by atoms with Gasteiger partial charge in [0.1, 0.15) is 0 Å². The smallest absolute Gasteiger partial charge is 0.263 e. The lowest BCUT2D eigenvalue weighted by molar-refractivity contribution is -0.126. The van der Waals surface area contributed by atoms with Gasteiger partial charge in [-0.2, -0.15) is 0 Å². The highest BCUT2D eigenvalue weighted by Gasteiger charge is 2.32. The first-order chi connectivity index (χ1) is 14.6. The van der Waals surface area contributed by atoms with Crippen LogP contribution in [0, 0.1) is 17.3 Å². The first-order valence-corrected chi connectivity index (χ1v) is 12.8. The maximum Gasteiger partial charge on any atom is 0.263 e. The Kier molecular flexibility index (Phi) is 8.19. The number of aryl methyl sites for hydroxylation is 1. The number of nitrogens with zero attached hydrogens (tertiary/aromatic N) is 1. The normalized spacial score (nSPS) is 20.1. The van der Waals surface area contributed by atoms with E-state index in [0.717, 1.165) is 37.0 Å². The van der Waals surface area contributed by atoms with Crippen LogP contribution in [-0.4, -0.2) is 49.1 Å². The van der Waals surface area contributed by atoms with E-state index in [0.29, 0.717) is 37.6 Å². The summed E-state index contributed by atoms with van der Waals surface area (Å²) in [5, 5.41) is 3.03. The quantitative estimate of drug-likeness (QED) is 0.616. The number of fused-ring (bicyclic) bond motifs is 1. The summed E-state index contributed by atoms with van der Waals surface area (Å²) in [6.45, 7) is 13.7. The fourth-order valence-electron chi connectivity index (χ4n) is 4.62. The molecule has 0 radical (unpaired) electrons. The molecule has 0 spiro atoms. The number of thiophene rings is 1. The number of carbonyl (C=O) groups is 2. The van der Waals surface area contributed by atoms with Gasteiger partial charge in [0.15, 0.2) is 0 Å². The molecule has 1 atom stereocenters. The molecule has 1 saturated heterocycles. The predicted molar refractivity (Wildman–Crippen MR) is 127 cm³/mol. The van der Waals surface area contributed by atoms with E-state index in [1.807, 2.05) is 18.7 Å². The zero-order chi connectivity index (χ0) is 22.6. The molecule has 1 aromatic rings. The molecule has 1 unspecified atom stereocenters. The number of amides is 2. The summed E-state index contributed by atoms with van der Waals surface area (Å²) in [6.07, 6.45) is 5.96. The van der Waals surface area contributed by atoms with Crippen LogP contribution in [0.15, 0.2) is 6.07 Å². The molecule has 0 saturated carbocycles. The molecule has 2 heterocycles. The van der Waals surface area contributed by atoms with E-state index in [4.69, 9.17) is 4.74 Å². The molecule has 174 valence electrons. The number of ether oxygens (including phenoxy) is 1. The van der Waals surface area contributed by atoms with Crippen LogP contribution in [0.2, 0.25) is 0 Å². The lowest BCUT2D eigenvalue weighted by Crippen LogP contribution is -2.43. The molecule has 5 nitrogen and oxygen atoms in total. The molecule has 0 aromatic carbocycles. The van der Waals surface area contributed by atoms with Crippen molar-refractivity contribution in [3.63, 3.8) is 0 Å². The van der Waals surface area contributed by atoms with Gasteiger partial charge in [-0.25, -0.2) is 0 Å². The van der Waals surface area contributed by atoms with Gasteiger partial charge in [-0.1, -0.05) is 20.8 Å². The van der Waals surface area contributed by atoms with Gasteiger partial charge in [-0.05, 0) is 75.3 Å². The Morgan fingerprint density at radius 2 is 1.94 bits per heavy atom. The molecule has 31 heavy (non-hydrogen) atoms. The highest BCUT2D eigenvalue weighted by molar-refractivity contribution is 7.14. The van der Waals surface area contributed by atoms with Crippen LogP contribution in [0.25, 0.3) is 0 Å². The van der Waals surface area contributed by atoms with Gasteiger partial charge in [0.05, 0.1) is 11.0 Å². The van der Waals surface area contributed by atoms with Crippen LogP contribution < -0.4 is 5.32 Å². The highest BCUT2D eigenvalue weighted by Crippen LogP contribution is 2.40. The largest absolute Gasteiger partial charge is 0.379 e. The van der Waals surface area contributed by atoms with Crippen molar-refractivity contribution in [3.8, 4) is 0 Å². The molecule has 3 rings (SSSR count). The van der Waals surface area contributed by atoms with E-state index >= 15 is 0 Å². The van der Waals surface area contributed by atoms with E-state index in [1.54, 1.807) is 11.3 Å². The first-order valence-electron chi connectivity index (χ1n) is 11.9. The minimum absolute atomic E-state index is 0.0131. The fraction of sp³-hybridized carbons (Fsp3) is 0.760. The molecule has 1 aromatic heterocycles. The number of likely N-dealkylation sites (tertiary alicyclic amines) is 1. The zero-order valence-electron chi connectivity index (χ0n) is 20.0. The first kappa shape index (κ1) is 24.2. The third-order valence-electron chi connectivity index (χ3n) is 6.74. The molecule has 1 fully saturated rings. The Morgan fingerprint density at radius 3 is 2.58 bits per heavy atom. The van der Waals surface area contributed by atoms with Gasteiger partial charge in [0.25, 0.3) is 5.91 Å². The average molecular weight is 449 g/mol. The summed E-state index contributed by atoms with van der Waals surface area (Å²) in [6, 6.07) is 2.15. The molecular weight excluding hydrogens is 408 g/mol. The summed E-state index contributed by atoms with van der Waals surface area (Å²) in [5.41, 5.74) is 1.70. The summed E-state index contributed by atoms with van der Waals surface area (Å²) in [4.78, 5) is 29.8. The number of rotatable bonds is 7. The Morgan fingerprint density at radius 1 is 1.23 bits per heavy atom. The second-order valence-electron chi connectivity index (χ2n) is 10.5. The van der Waals surface area contributed by atoms with E-state index in [2.05, 4.69) is 32.2 Å². The van der Waals surface area contributed by atoms with Crippen LogP contribution in [-0.2, 0) is 22.4 Å². The summed E-state index contributed by atoms with van der Waals surface area (Å²) in [7, 11) is 0. The second kappa shape index (κ2) is 10.5. The molecular formula is C25H40N2O3S. The Labute approximate surface area is 191 Å². The average Bonchev–Trinajstić information content (AvgIpc) is 3.15. The maximum atomic E-state index is 13.1. The number of nitrogens with one attached hydrogen (secondary N) is 1. The van der Waals surface area contributed by atoms with Crippen LogP contribution in [0.1, 0.15) is 80.4 Å². The van der Waals surface area contributed by atoms with E-state index in [1.165, 1.54) is 16.9 Å². The van der Waals surface area contributed by atoms with Gasteiger partial charge >= 0.3 is 0 Å². The standard InChI is InChI=1S/C25H40N2O3S/c1-17(2)30-14-6-11-26-23(28)18-9-12-27(13-10-18)24(29)22-16-19-15-20(25(3,4)5)7-8-21(19)31-22/h16-18,20H,6-15H2,1-5H3,(H,26,28). The molecule has 1 aliphatic heterocycles. The Bertz CT molecular complexity index is 757. The van der Waals surface area contributed by atoms with Crippen molar-refractivity contribution in [1.82, 2.24) is 10.2 Å². The van der Waals surface area contributed by atoms with Gasteiger partial charge in [0, 0.05) is 37.0 Å². The number of carbonyl (C=O) groups excluding carboxylic acids is 2. The third kappa shape index (κ3) is 6.55. The molecule has 1 aliphatic carbocycles. The minimum Gasteiger partial charge on any atom is -0.379 e. The van der Waals surface area contributed by atoms with Crippen LogP contribution in [0.3, 0.4) is 0 Å². The van der Waals surface area contributed by atoms with Crippen molar-refractivity contribution in [2.45, 2.75) is 79.2 Å². The van der Waals surface area contributed by atoms with E-state index < -0.39 is 0 Å². The Balaban J connectivity index is 1.46. The molecule has 2 aliphatic rings. The van der Waals surface area contributed by atoms with Crippen molar-refractivity contribution < 1.29 is 14.3 Å². The monoisotopic (exact) mass is 448 g/mol. The summed E-state index contributed by atoms with van der Waals surface area (Å²) >= 11 is 1.69. The Hall–Kier alpha value is -1.40. The van der Waals surface area contributed by atoms with Gasteiger partial charge < -0.3 is 15.0 Å². The van der Waals surface area contributed by atoms with Gasteiger partial charge in [-0.3, -0.25) is 9.59 Å². The third-order valence-corrected chi connectivity index (χ3v) is 7.97. The van der Waals surface area contributed by atoms with Crippen LogP contribution in [0.4, 0.5) is 0 Å². The van der Waals surface area contributed by atoms with E-state index in [9.17, 15) is 9.59 Å². The van der Waals surface area contributed by atoms with Crippen molar-refractivity contribution >= 4 is 23.2 Å². The van der Waals surface area contributed by atoms with Crippen molar-refractivity contribution in [3.05, 3.63) is 21.4 Å². The topological polar surface area (TPSA) is 58.6 Å². The summed E-state index contributed by atoms with van der Waals surface area (Å²) < 4.78 is 5.51. The second-order valence-corrected chi connectivity index (χ2v) is 11.6. The van der Waals surface area contributed by atoms with Crippen LogP contribution >= 0.6 is 11.3 Å². The fourth-order valence-corrected chi connectivity index (χ4v) is 5.79. The molecule has 2 amide bonds. The maximum absolute atomic E-state index is 13.1. The lowest BCUT2D eigenvalue weighted by Gasteiger charge is -2.33. The van der Waals surface area contributed by atoms with E-state index in [-0.39, 0.29) is 23.8 Å². The van der Waals surface area contributed by atoms with Crippen molar-refractivity contribution in [2.24, 2.45) is 17.3 Å². The number of hydrogen-bond acceptors (Lipinski definition) is 4. The SMILES string of the molecule is CC(C)OCCCNC(=O)C1CCN(C(=O)c2cc3c(s2)CCC(C(C)(C)C)C3)CC1.